The van der Waals surface area contributed by atoms with Crippen LogP contribution in [0, 0.1) is 6.92 Å². The Kier molecular flexibility index (Phi) is 3.97. The molecule has 2 N–H and O–H groups in total. The van der Waals surface area contributed by atoms with Gasteiger partial charge in [-0.05, 0) is 42.9 Å². The van der Waals surface area contributed by atoms with E-state index in [9.17, 15) is 0 Å². The van der Waals surface area contributed by atoms with Crippen LogP contribution in [0.2, 0.25) is 0 Å². The van der Waals surface area contributed by atoms with Crippen molar-refractivity contribution in [3.63, 3.8) is 0 Å². The van der Waals surface area contributed by atoms with Crippen molar-refractivity contribution in [1.29, 1.82) is 0 Å². The summed E-state index contributed by atoms with van der Waals surface area (Å²) in [6.45, 7) is 6.72. The number of piperazine rings is 1. The molecule has 0 bridgehead atoms. The number of thiocarbonyl (C=S) groups is 1. The zero-order valence-electron chi connectivity index (χ0n) is 12.4. The average Bonchev–Trinajstić information content (AvgIpc) is 2.49. The summed E-state index contributed by atoms with van der Waals surface area (Å²) in [7, 11) is 2.25. The molecule has 1 aromatic carbocycles. The molecular weight excluding hydrogens is 280 g/mol. The SMILES string of the molecule is Cc1cc(N2CC[NH+](C)CC2)[nH+]c2ccc(N=C=S)cc12. The van der Waals surface area contributed by atoms with Gasteiger partial charge in [-0.3, -0.25) is 4.90 Å². The Bertz CT molecular complexity index is 714. The monoisotopic (exact) mass is 300 g/mol. The maximum Gasteiger partial charge on any atom is 0.275 e. The molecule has 0 spiro atoms. The molecule has 3 rings (SSSR count). The highest BCUT2D eigenvalue weighted by atomic mass is 32.1. The van der Waals surface area contributed by atoms with E-state index in [1.807, 2.05) is 6.07 Å². The van der Waals surface area contributed by atoms with Crippen LogP contribution in [0.15, 0.2) is 29.3 Å². The standard InChI is InChI=1S/C16H18N4S/c1-12-9-16(20-7-5-19(2)6-8-20)18-15-4-3-13(17-11-21)10-14(12)15/h3-4,9-10H,5-8H2,1-2H3/p+2. The molecule has 2 aromatic rings. The number of H-pyrrole nitrogens is 1. The number of aromatic amines is 1. The van der Waals surface area contributed by atoms with E-state index < -0.39 is 0 Å². The van der Waals surface area contributed by atoms with Crippen molar-refractivity contribution < 1.29 is 9.88 Å². The fourth-order valence-corrected chi connectivity index (χ4v) is 2.95. The van der Waals surface area contributed by atoms with Crippen LogP contribution in [-0.2, 0) is 0 Å². The number of aliphatic imine (C=N–C) groups is 1. The molecule has 1 fully saturated rings. The molecule has 0 radical (unpaired) electrons. The van der Waals surface area contributed by atoms with E-state index in [0.29, 0.717) is 0 Å². The van der Waals surface area contributed by atoms with Gasteiger partial charge in [-0.15, -0.1) is 0 Å². The third-order valence-electron chi connectivity index (χ3n) is 4.18. The van der Waals surface area contributed by atoms with Crippen LogP contribution in [0.25, 0.3) is 10.9 Å². The summed E-state index contributed by atoms with van der Waals surface area (Å²) in [4.78, 5) is 11.6. The molecule has 0 amide bonds. The topological polar surface area (TPSA) is 34.2 Å². The molecule has 0 unspecified atom stereocenters. The van der Waals surface area contributed by atoms with Crippen molar-refractivity contribution >= 4 is 39.8 Å². The number of hydrogen-bond donors (Lipinski definition) is 1. The Morgan fingerprint density at radius 2 is 2.05 bits per heavy atom. The maximum atomic E-state index is 4.67. The molecule has 5 heteroatoms. The molecule has 0 atom stereocenters. The lowest BCUT2D eigenvalue weighted by atomic mass is 10.1. The highest BCUT2D eigenvalue weighted by Gasteiger charge is 2.24. The van der Waals surface area contributed by atoms with Crippen molar-refractivity contribution in [3.8, 4) is 0 Å². The first-order chi connectivity index (χ1) is 10.2. The lowest BCUT2D eigenvalue weighted by molar-refractivity contribution is -0.880. The van der Waals surface area contributed by atoms with Gasteiger partial charge in [0.15, 0.2) is 0 Å². The normalized spacial score (nSPS) is 16.0. The van der Waals surface area contributed by atoms with Gasteiger partial charge in [0.2, 0.25) is 0 Å². The quantitative estimate of drug-likeness (QED) is 0.664. The largest absolute Gasteiger partial charge is 0.331 e. The van der Waals surface area contributed by atoms with Crippen LogP contribution in [-0.4, -0.2) is 38.4 Å². The van der Waals surface area contributed by atoms with Gasteiger partial charge in [0.1, 0.15) is 31.7 Å². The van der Waals surface area contributed by atoms with Crippen LogP contribution < -0.4 is 14.8 Å². The van der Waals surface area contributed by atoms with E-state index >= 15 is 0 Å². The molecule has 4 nitrogen and oxygen atoms in total. The molecular formula is C16H20N4S+2. The Labute approximate surface area is 130 Å². The molecule has 1 aromatic heterocycles. The van der Waals surface area contributed by atoms with Crippen LogP contribution in [0.3, 0.4) is 0 Å². The van der Waals surface area contributed by atoms with Gasteiger partial charge in [0.05, 0.1) is 17.9 Å². The van der Waals surface area contributed by atoms with Gasteiger partial charge in [-0.2, -0.15) is 4.99 Å². The minimum atomic E-state index is 0.852. The number of nitrogens with zero attached hydrogens (tertiary/aromatic N) is 2. The number of hydrogen-bond acceptors (Lipinski definition) is 3. The Hall–Kier alpha value is -1.81. The first-order valence-corrected chi connectivity index (χ1v) is 7.69. The third-order valence-corrected chi connectivity index (χ3v) is 4.27. The van der Waals surface area contributed by atoms with Gasteiger partial charge >= 0.3 is 0 Å². The smallest absolute Gasteiger partial charge is 0.275 e. The van der Waals surface area contributed by atoms with Crippen molar-refractivity contribution in [2.75, 3.05) is 38.1 Å². The first-order valence-electron chi connectivity index (χ1n) is 7.28. The van der Waals surface area contributed by atoms with Crippen molar-refractivity contribution in [3.05, 3.63) is 29.8 Å². The molecule has 0 aliphatic carbocycles. The summed E-state index contributed by atoms with van der Waals surface area (Å²) >= 11 is 4.67. The molecule has 108 valence electrons. The van der Waals surface area contributed by atoms with E-state index in [2.05, 4.69) is 64.4 Å². The second kappa shape index (κ2) is 5.90. The first kappa shape index (κ1) is 14.1. The summed E-state index contributed by atoms with van der Waals surface area (Å²) < 4.78 is 0. The lowest BCUT2D eigenvalue weighted by Gasteiger charge is -2.25. The van der Waals surface area contributed by atoms with E-state index in [0.717, 1.165) is 24.3 Å². The number of anilines is 1. The van der Waals surface area contributed by atoms with Crippen molar-refractivity contribution in [2.45, 2.75) is 6.92 Å². The van der Waals surface area contributed by atoms with E-state index in [-0.39, 0.29) is 0 Å². The zero-order chi connectivity index (χ0) is 14.8. The summed E-state index contributed by atoms with van der Waals surface area (Å²) in [6.07, 6.45) is 0. The van der Waals surface area contributed by atoms with Gasteiger partial charge in [0, 0.05) is 11.5 Å². The number of fused-ring (bicyclic) bond motifs is 1. The molecule has 1 saturated heterocycles. The number of benzene rings is 1. The number of quaternary nitrogens is 1. The fraction of sp³-hybridized carbons (Fsp3) is 0.375. The van der Waals surface area contributed by atoms with Crippen LogP contribution >= 0.6 is 12.2 Å². The van der Waals surface area contributed by atoms with E-state index in [4.69, 9.17) is 0 Å². The molecule has 2 heterocycles. The average molecular weight is 300 g/mol. The number of rotatable bonds is 2. The second-order valence-corrected chi connectivity index (χ2v) is 5.90. The van der Waals surface area contributed by atoms with E-state index in [1.54, 1.807) is 4.90 Å². The minimum Gasteiger partial charge on any atom is -0.331 e. The van der Waals surface area contributed by atoms with Crippen molar-refractivity contribution in [1.82, 2.24) is 0 Å². The number of nitrogens with one attached hydrogen (secondary N) is 2. The zero-order valence-corrected chi connectivity index (χ0v) is 13.3. The maximum absolute atomic E-state index is 4.67. The fourth-order valence-electron chi connectivity index (χ4n) is 2.85. The highest BCUT2D eigenvalue weighted by molar-refractivity contribution is 7.78. The number of aromatic nitrogens is 1. The van der Waals surface area contributed by atoms with Crippen LogP contribution in [0.4, 0.5) is 11.5 Å². The van der Waals surface area contributed by atoms with Gasteiger partial charge in [-0.1, -0.05) is 0 Å². The van der Waals surface area contributed by atoms with E-state index in [1.165, 1.54) is 29.9 Å². The van der Waals surface area contributed by atoms with Gasteiger partial charge in [-0.25, -0.2) is 4.98 Å². The number of pyridine rings is 1. The van der Waals surface area contributed by atoms with Crippen LogP contribution in [0.1, 0.15) is 5.56 Å². The Morgan fingerprint density at radius 3 is 2.76 bits per heavy atom. The number of aryl methyl sites for hydroxylation is 1. The Morgan fingerprint density at radius 1 is 1.29 bits per heavy atom. The predicted molar refractivity (Wildman–Crippen MR) is 88.8 cm³/mol. The highest BCUT2D eigenvalue weighted by Crippen LogP contribution is 2.23. The second-order valence-electron chi connectivity index (χ2n) is 5.71. The van der Waals surface area contributed by atoms with Crippen molar-refractivity contribution in [2.24, 2.45) is 4.99 Å². The van der Waals surface area contributed by atoms with Gasteiger partial charge < -0.3 is 4.90 Å². The Balaban J connectivity index is 1.99. The number of isothiocyanates is 1. The van der Waals surface area contributed by atoms with Gasteiger partial charge in [0.25, 0.3) is 5.82 Å². The third kappa shape index (κ3) is 2.95. The summed E-state index contributed by atoms with van der Waals surface area (Å²) in [5.74, 6) is 1.21. The summed E-state index contributed by atoms with van der Waals surface area (Å²) in [5.41, 5.74) is 3.25. The molecule has 1 aliphatic rings. The minimum absolute atomic E-state index is 0.852. The molecule has 21 heavy (non-hydrogen) atoms. The summed E-state index contributed by atoms with van der Waals surface area (Å²) in [5, 5.41) is 3.61. The number of likely N-dealkylation sites (N-methyl/N-ethyl adjacent to an activating group) is 1. The summed E-state index contributed by atoms with van der Waals surface area (Å²) in [6, 6.07) is 8.32. The predicted octanol–water partition coefficient (Wildman–Crippen LogP) is 1.03. The lowest BCUT2D eigenvalue weighted by Crippen LogP contribution is -3.12. The molecule has 1 aliphatic heterocycles. The molecule has 0 saturated carbocycles. The van der Waals surface area contributed by atoms with Crippen LogP contribution in [0.5, 0.6) is 0 Å².